The van der Waals surface area contributed by atoms with E-state index in [4.69, 9.17) is 4.74 Å². The molecule has 1 N–H and O–H groups in total. The van der Waals surface area contributed by atoms with Crippen molar-refractivity contribution < 1.29 is 19.1 Å². The fourth-order valence-electron chi connectivity index (χ4n) is 2.69. The number of Topliss-reactive ketones (excluding diaryl/α,β-unsaturated/α-hetero) is 1. The van der Waals surface area contributed by atoms with E-state index in [0.29, 0.717) is 18.4 Å². The molecule has 1 aliphatic rings. The number of amides is 1. The molecule has 1 aromatic rings. The van der Waals surface area contributed by atoms with Gasteiger partial charge >= 0.3 is 5.97 Å². The van der Waals surface area contributed by atoms with Gasteiger partial charge in [0.25, 0.3) is 5.91 Å². The lowest BCUT2D eigenvalue weighted by molar-refractivity contribution is -0.145. The van der Waals surface area contributed by atoms with E-state index in [0.717, 1.165) is 17.3 Å². The van der Waals surface area contributed by atoms with E-state index in [1.807, 2.05) is 6.07 Å². The molecule has 1 amide bonds. The molecule has 0 heterocycles. The zero-order chi connectivity index (χ0) is 16.1. The molecule has 0 spiro atoms. The molecule has 0 radical (unpaired) electrons. The van der Waals surface area contributed by atoms with Crippen molar-refractivity contribution in [2.24, 2.45) is 5.92 Å². The Labute approximate surface area is 137 Å². The lowest BCUT2D eigenvalue weighted by Gasteiger charge is -2.28. The Morgan fingerprint density at radius 1 is 1.41 bits per heavy atom. The second-order valence-electron chi connectivity index (χ2n) is 5.38. The maximum absolute atomic E-state index is 12.3. The van der Waals surface area contributed by atoms with Crippen LogP contribution in [0.15, 0.2) is 28.7 Å². The van der Waals surface area contributed by atoms with E-state index >= 15 is 0 Å². The Balaban J connectivity index is 2.14. The third-order valence-electron chi connectivity index (χ3n) is 3.82. The highest BCUT2D eigenvalue weighted by Gasteiger charge is 2.34. The van der Waals surface area contributed by atoms with Gasteiger partial charge in [-0.05, 0) is 37.0 Å². The van der Waals surface area contributed by atoms with Gasteiger partial charge < -0.3 is 10.1 Å². The highest BCUT2D eigenvalue weighted by Crippen LogP contribution is 2.25. The maximum atomic E-state index is 12.3. The quantitative estimate of drug-likeness (QED) is 0.829. The van der Waals surface area contributed by atoms with E-state index in [-0.39, 0.29) is 17.6 Å². The molecule has 0 bridgehead atoms. The third-order valence-corrected chi connectivity index (χ3v) is 4.31. The number of nitrogens with one attached hydrogen (secondary N) is 1. The number of ketones is 1. The van der Waals surface area contributed by atoms with Gasteiger partial charge in [-0.15, -0.1) is 0 Å². The number of carbonyl (C=O) groups excluding carboxylic acids is 3. The number of esters is 1. The molecule has 1 aromatic carbocycles. The fourth-order valence-corrected chi connectivity index (χ4v) is 3.09. The van der Waals surface area contributed by atoms with Crippen LogP contribution in [0.4, 0.5) is 0 Å². The second-order valence-corrected chi connectivity index (χ2v) is 6.30. The normalized spacial score (nSPS) is 19.4. The molecule has 6 heteroatoms. The van der Waals surface area contributed by atoms with Crippen molar-refractivity contribution in [1.82, 2.24) is 5.32 Å². The topological polar surface area (TPSA) is 72.5 Å². The molecular formula is C16H18BrNO4. The molecule has 1 aliphatic carbocycles. The average Bonchev–Trinajstić information content (AvgIpc) is 2.51. The Morgan fingerprint density at radius 2 is 2.18 bits per heavy atom. The zero-order valence-corrected chi connectivity index (χ0v) is 13.9. The Hall–Kier alpha value is -1.69. The van der Waals surface area contributed by atoms with Crippen molar-refractivity contribution >= 4 is 33.6 Å². The third kappa shape index (κ3) is 4.16. The molecule has 2 atom stereocenters. The van der Waals surface area contributed by atoms with Crippen molar-refractivity contribution in [3.05, 3.63) is 34.3 Å². The summed E-state index contributed by atoms with van der Waals surface area (Å²) in [6.45, 7) is 0. The van der Waals surface area contributed by atoms with Gasteiger partial charge in [0.05, 0.1) is 7.11 Å². The van der Waals surface area contributed by atoms with Crippen LogP contribution in [0.2, 0.25) is 0 Å². The molecule has 0 unspecified atom stereocenters. The monoisotopic (exact) mass is 367 g/mol. The largest absolute Gasteiger partial charge is 0.467 e. The highest BCUT2D eigenvalue weighted by molar-refractivity contribution is 9.10. The standard InChI is InChI=1S/C16H18BrNO4/c1-22-16(21)14(10-4-3-7-13(19)9-10)18-15(20)11-5-2-6-12(17)8-11/h2,5-6,8,10,14H,3-4,7,9H2,1H3,(H,18,20)/t10-,14-/m1/s1. The number of carbonyl (C=O) groups is 3. The van der Waals surface area contributed by atoms with Gasteiger partial charge in [-0.3, -0.25) is 9.59 Å². The van der Waals surface area contributed by atoms with Crippen LogP contribution in [-0.2, 0) is 14.3 Å². The van der Waals surface area contributed by atoms with Crippen LogP contribution in [-0.4, -0.2) is 30.8 Å². The van der Waals surface area contributed by atoms with Crippen LogP contribution in [0.3, 0.4) is 0 Å². The number of benzene rings is 1. The number of rotatable bonds is 4. The first-order chi connectivity index (χ1) is 10.5. The number of ether oxygens (including phenoxy) is 1. The first-order valence-electron chi connectivity index (χ1n) is 7.17. The van der Waals surface area contributed by atoms with E-state index < -0.39 is 12.0 Å². The lowest BCUT2D eigenvalue weighted by atomic mass is 9.83. The van der Waals surface area contributed by atoms with Crippen LogP contribution in [0.25, 0.3) is 0 Å². The van der Waals surface area contributed by atoms with Gasteiger partial charge in [0.15, 0.2) is 0 Å². The number of halogens is 1. The molecular weight excluding hydrogens is 350 g/mol. The number of hydrogen-bond donors (Lipinski definition) is 1. The van der Waals surface area contributed by atoms with Crippen molar-refractivity contribution in [3.8, 4) is 0 Å². The van der Waals surface area contributed by atoms with Crippen molar-refractivity contribution in [3.63, 3.8) is 0 Å². The van der Waals surface area contributed by atoms with Gasteiger partial charge in [-0.2, -0.15) is 0 Å². The summed E-state index contributed by atoms with van der Waals surface area (Å²) in [6.07, 6.45) is 2.32. The second kappa shape index (κ2) is 7.54. The minimum absolute atomic E-state index is 0.127. The maximum Gasteiger partial charge on any atom is 0.328 e. The van der Waals surface area contributed by atoms with Gasteiger partial charge in [-0.25, -0.2) is 4.79 Å². The molecule has 5 nitrogen and oxygen atoms in total. The fraction of sp³-hybridized carbons (Fsp3) is 0.438. The molecule has 0 aromatic heterocycles. The molecule has 118 valence electrons. The molecule has 22 heavy (non-hydrogen) atoms. The van der Waals surface area contributed by atoms with Crippen LogP contribution >= 0.6 is 15.9 Å². The predicted molar refractivity (Wildman–Crippen MR) is 84.4 cm³/mol. The van der Waals surface area contributed by atoms with E-state index in [1.165, 1.54) is 7.11 Å². The number of hydrogen-bond acceptors (Lipinski definition) is 4. The summed E-state index contributed by atoms with van der Waals surface area (Å²) in [4.78, 5) is 35.9. The molecule has 2 rings (SSSR count). The van der Waals surface area contributed by atoms with Gasteiger partial charge in [0, 0.05) is 22.9 Å². The minimum Gasteiger partial charge on any atom is -0.467 e. The highest BCUT2D eigenvalue weighted by atomic mass is 79.9. The van der Waals surface area contributed by atoms with Crippen LogP contribution < -0.4 is 5.32 Å². The van der Waals surface area contributed by atoms with Gasteiger partial charge in [0.1, 0.15) is 11.8 Å². The van der Waals surface area contributed by atoms with Gasteiger partial charge in [0.2, 0.25) is 0 Å². The summed E-state index contributed by atoms with van der Waals surface area (Å²) in [5, 5.41) is 2.71. The predicted octanol–water partition coefficient (Wildman–Crippen LogP) is 2.48. The Bertz CT molecular complexity index is 587. The molecule has 1 fully saturated rings. The average molecular weight is 368 g/mol. The van der Waals surface area contributed by atoms with E-state index in [1.54, 1.807) is 18.2 Å². The summed E-state index contributed by atoms with van der Waals surface area (Å²) >= 11 is 3.31. The first-order valence-corrected chi connectivity index (χ1v) is 7.96. The summed E-state index contributed by atoms with van der Waals surface area (Å²) in [5.41, 5.74) is 0.449. The summed E-state index contributed by atoms with van der Waals surface area (Å²) in [5.74, 6) is -0.940. The Morgan fingerprint density at radius 3 is 2.82 bits per heavy atom. The van der Waals surface area contributed by atoms with Crippen LogP contribution in [0.5, 0.6) is 0 Å². The summed E-state index contributed by atoms with van der Waals surface area (Å²) in [6, 6.07) is 6.11. The smallest absolute Gasteiger partial charge is 0.328 e. The van der Waals surface area contributed by atoms with E-state index in [9.17, 15) is 14.4 Å². The summed E-state index contributed by atoms with van der Waals surface area (Å²) in [7, 11) is 1.28. The first kappa shape index (κ1) is 16.7. The van der Waals surface area contributed by atoms with Crippen molar-refractivity contribution in [1.29, 1.82) is 0 Å². The molecule has 0 saturated heterocycles. The van der Waals surface area contributed by atoms with Crippen LogP contribution in [0, 0.1) is 5.92 Å². The molecule has 0 aliphatic heterocycles. The van der Waals surface area contributed by atoms with Crippen molar-refractivity contribution in [2.75, 3.05) is 7.11 Å². The lowest BCUT2D eigenvalue weighted by Crippen LogP contribution is -2.48. The van der Waals surface area contributed by atoms with Crippen LogP contribution in [0.1, 0.15) is 36.0 Å². The number of methoxy groups -OCH3 is 1. The van der Waals surface area contributed by atoms with Gasteiger partial charge in [-0.1, -0.05) is 22.0 Å². The Kier molecular flexibility index (Phi) is 5.71. The summed E-state index contributed by atoms with van der Waals surface area (Å²) < 4.78 is 5.57. The minimum atomic E-state index is -0.791. The SMILES string of the molecule is COC(=O)[C@H](NC(=O)c1cccc(Br)c1)[C@@H]1CCCC(=O)C1. The zero-order valence-electron chi connectivity index (χ0n) is 12.3. The van der Waals surface area contributed by atoms with Crippen molar-refractivity contribution in [2.45, 2.75) is 31.7 Å². The van der Waals surface area contributed by atoms with E-state index in [2.05, 4.69) is 21.2 Å². The molecule has 1 saturated carbocycles.